The van der Waals surface area contributed by atoms with Crippen LogP contribution in [0.5, 0.6) is 0 Å². The number of carbonyl (C=O) groups excluding carboxylic acids is 1. The third-order valence-electron chi connectivity index (χ3n) is 3.11. The minimum absolute atomic E-state index is 0.108. The lowest BCUT2D eigenvalue weighted by Gasteiger charge is -2.10. The van der Waals surface area contributed by atoms with Crippen LogP contribution >= 0.6 is 0 Å². The summed E-state index contributed by atoms with van der Waals surface area (Å²) >= 11 is 0. The second-order valence-corrected chi connectivity index (χ2v) is 4.38. The Hall–Kier alpha value is -1.88. The quantitative estimate of drug-likeness (QED) is 0.895. The van der Waals surface area contributed by atoms with Crippen LogP contribution in [-0.4, -0.2) is 30.1 Å². The average molecular weight is 246 g/mol. The highest BCUT2D eigenvalue weighted by atomic mass is 16.5. The molecule has 1 aromatic heterocycles. The van der Waals surface area contributed by atoms with Crippen molar-refractivity contribution in [2.45, 2.75) is 18.9 Å². The van der Waals surface area contributed by atoms with E-state index in [1.165, 1.54) is 6.39 Å². The van der Waals surface area contributed by atoms with Crippen LogP contribution in [0.15, 0.2) is 29.0 Å². The fraction of sp³-hybridized carbons (Fsp3) is 0.385. The predicted octanol–water partition coefficient (Wildman–Crippen LogP) is 1.74. The molecule has 5 heteroatoms. The smallest absolute Gasteiger partial charge is 0.251 e. The minimum atomic E-state index is -0.108. The third-order valence-corrected chi connectivity index (χ3v) is 3.11. The average Bonchev–Trinajstić information content (AvgIpc) is 3.05. The molecular weight excluding hydrogens is 232 g/mol. The predicted molar refractivity (Wildman–Crippen MR) is 65.3 cm³/mol. The molecule has 0 bridgehead atoms. The molecule has 94 valence electrons. The first kappa shape index (κ1) is 11.2. The molecule has 5 nitrogen and oxygen atoms in total. The molecule has 1 amide bonds. The Balaban J connectivity index is 1.67. The van der Waals surface area contributed by atoms with Crippen LogP contribution in [0.1, 0.15) is 23.2 Å². The Morgan fingerprint density at radius 3 is 3.28 bits per heavy atom. The largest absolute Gasteiger partial charge is 0.443 e. The fourth-order valence-corrected chi connectivity index (χ4v) is 2.11. The maximum Gasteiger partial charge on any atom is 0.251 e. The van der Waals surface area contributed by atoms with Crippen LogP contribution in [0.2, 0.25) is 0 Å². The van der Waals surface area contributed by atoms with Crippen molar-refractivity contribution in [1.29, 1.82) is 0 Å². The lowest BCUT2D eigenvalue weighted by molar-refractivity contribution is 0.0858. The maximum absolute atomic E-state index is 11.9. The van der Waals surface area contributed by atoms with E-state index in [0.717, 1.165) is 25.0 Å². The van der Waals surface area contributed by atoms with E-state index in [2.05, 4.69) is 10.3 Å². The Morgan fingerprint density at radius 2 is 2.44 bits per heavy atom. The number of ether oxygens (including phenoxy) is 1. The van der Waals surface area contributed by atoms with Crippen LogP contribution < -0.4 is 5.32 Å². The molecule has 1 atom stereocenters. The van der Waals surface area contributed by atoms with Crippen molar-refractivity contribution < 1.29 is 13.9 Å². The maximum atomic E-state index is 11.9. The number of benzene rings is 1. The van der Waals surface area contributed by atoms with Gasteiger partial charge in [0.15, 0.2) is 12.0 Å². The zero-order chi connectivity index (χ0) is 12.4. The molecule has 1 aromatic carbocycles. The van der Waals surface area contributed by atoms with Crippen molar-refractivity contribution in [1.82, 2.24) is 10.3 Å². The Labute approximate surface area is 104 Å². The first-order chi connectivity index (χ1) is 8.83. The number of amides is 1. The number of oxazole rings is 1. The topological polar surface area (TPSA) is 64.4 Å². The summed E-state index contributed by atoms with van der Waals surface area (Å²) in [5.74, 6) is -0.108. The molecule has 2 aromatic rings. The van der Waals surface area contributed by atoms with Gasteiger partial charge in [0.05, 0.1) is 6.10 Å². The third kappa shape index (κ3) is 2.22. The monoisotopic (exact) mass is 246 g/mol. The van der Waals surface area contributed by atoms with Gasteiger partial charge in [-0.2, -0.15) is 0 Å². The highest BCUT2D eigenvalue weighted by Crippen LogP contribution is 2.15. The second-order valence-electron chi connectivity index (χ2n) is 4.38. The van der Waals surface area contributed by atoms with Gasteiger partial charge >= 0.3 is 0 Å². The highest BCUT2D eigenvalue weighted by molar-refractivity contribution is 5.96. The lowest BCUT2D eigenvalue weighted by Crippen LogP contribution is -2.31. The normalized spacial score (nSPS) is 19.2. The number of fused-ring (bicyclic) bond motifs is 1. The molecule has 1 aliphatic heterocycles. The van der Waals surface area contributed by atoms with Gasteiger partial charge in [-0.15, -0.1) is 0 Å². The van der Waals surface area contributed by atoms with Crippen molar-refractivity contribution in [3.8, 4) is 0 Å². The number of hydrogen-bond donors (Lipinski definition) is 1. The molecule has 1 aliphatic rings. The Bertz CT molecular complexity index is 558. The molecule has 0 spiro atoms. The van der Waals surface area contributed by atoms with E-state index in [1.807, 2.05) is 0 Å². The lowest BCUT2D eigenvalue weighted by atomic mass is 10.2. The molecule has 0 aliphatic carbocycles. The summed E-state index contributed by atoms with van der Waals surface area (Å²) < 4.78 is 10.6. The number of aromatic nitrogens is 1. The number of nitrogens with zero attached hydrogens (tertiary/aromatic N) is 1. The molecule has 0 saturated carbocycles. The Kier molecular flexibility index (Phi) is 2.98. The van der Waals surface area contributed by atoms with E-state index in [9.17, 15) is 4.79 Å². The molecule has 18 heavy (non-hydrogen) atoms. The van der Waals surface area contributed by atoms with Gasteiger partial charge < -0.3 is 14.5 Å². The summed E-state index contributed by atoms with van der Waals surface area (Å²) in [7, 11) is 0. The fourth-order valence-electron chi connectivity index (χ4n) is 2.11. The molecule has 1 unspecified atom stereocenters. The van der Waals surface area contributed by atoms with E-state index in [4.69, 9.17) is 9.15 Å². The van der Waals surface area contributed by atoms with Gasteiger partial charge in [0.2, 0.25) is 0 Å². The zero-order valence-electron chi connectivity index (χ0n) is 9.89. The molecular formula is C13H14N2O3. The summed E-state index contributed by atoms with van der Waals surface area (Å²) in [5.41, 5.74) is 1.96. The van der Waals surface area contributed by atoms with Crippen LogP contribution in [0.25, 0.3) is 11.1 Å². The minimum Gasteiger partial charge on any atom is -0.443 e. The van der Waals surface area contributed by atoms with Crippen LogP contribution in [0, 0.1) is 0 Å². The van der Waals surface area contributed by atoms with Crippen molar-refractivity contribution in [3.63, 3.8) is 0 Å². The van der Waals surface area contributed by atoms with Gasteiger partial charge in [-0.3, -0.25) is 4.79 Å². The van der Waals surface area contributed by atoms with Gasteiger partial charge in [0, 0.05) is 18.7 Å². The standard InChI is InChI=1S/C13H14N2O3/c16-13(14-7-10-2-1-5-17-10)9-3-4-11-12(6-9)18-8-15-11/h3-4,6,8,10H,1-2,5,7H2,(H,14,16). The molecule has 1 N–H and O–H groups in total. The van der Waals surface area contributed by atoms with Crippen LogP contribution in [-0.2, 0) is 4.74 Å². The Morgan fingerprint density at radius 1 is 1.50 bits per heavy atom. The second kappa shape index (κ2) is 4.78. The van der Waals surface area contributed by atoms with Gasteiger partial charge in [-0.05, 0) is 31.0 Å². The molecule has 1 saturated heterocycles. The molecule has 2 heterocycles. The summed E-state index contributed by atoms with van der Waals surface area (Å²) in [6.07, 6.45) is 3.62. The van der Waals surface area contributed by atoms with Gasteiger partial charge in [0.1, 0.15) is 5.52 Å². The van der Waals surface area contributed by atoms with E-state index in [0.29, 0.717) is 17.7 Å². The summed E-state index contributed by atoms with van der Waals surface area (Å²) in [4.78, 5) is 15.9. The van der Waals surface area contributed by atoms with E-state index < -0.39 is 0 Å². The van der Waals surface area contributed by atoms with Crippen molar-refractivity contribution in [2.24, 2.45) is 0 Å². The molecule has 1 fully saturated rings. The highest BCUT2D eigenvalue weighted by Gasteiger charge is 2.16. The zero-order valence-corrected chi connectivity index (χ0v) is 9.89. The van der Waals surface area contributed by atoms with Gasteiger partial charge in [-0.1, -0.05) is 0 Å². The van der Waals surface area contributed by atoms with Crippen LogP contribution in [0.4, 0.5) is 0 Å². The molecule has 3 rings (SSSR count). The van der Waals surface area contributed by atoms with Gasteiger partial charge in [0.25, 0.3) is 5.91 Å². The van der Waals surface area contributed by atoms with Crippen molar-refractivity contribution in [3.05, 3.63) is 30.2 Å². The summed E-state index contributed by atoms with van der Waals surface area (Å²) in [5, 5.41) is 2.87. The van der Waals surface area contributed by atoms with E-state index >= 15 is 0 Å². The number of nitrogens with one attached hydrogen (secondary N) is 1. The number of hydrogen-bond acceptors (Lipinski definition) is 4. The number of rotatable bonds is 3. The van der Waals surface area contributed by atoms with Crippen molar-refractivity contribution >= 4 is 17.0 Å². The van der Waals surface area contributed by atoms with Gasteiger partial charge in [-0.25, -0.2) is 4.98 Å². The molecule has 0 radical (unpaired) electrons. The summed E-state index contributed by atoms with van der Waals surface area (Å²) in [6.45, 7) is 1.36. The first-order valence-electron chi connectivity index (χ1n) is 6.06. The van der Waals surface area contributed by atoms with E-state index in [-0.39, 0.29) is 12.0 Å². The summed E-state index contributed by atoms with van der Waals surface area (Å²) in [6, 6.07) is 5.22. The SMILES string of the molecule is O=C(NCC1CCCO1)c1ccc2ncoc2c1. The van der Waals surface area contributed by atoms with E-state index in [1.54, 1.807) is 18.2 Å². The first-order valence-corrected chi connectivity index (χ1v) is 6.06. The number of carbonyl (C=O) groups is 1. The van der Waals surface area contributed by atoms with Crippen LogP contribution in [0.3, 0.4) is 0 Å². The van der Waals surface area contributed by atoms with Crippen molar-refractivity contribution in [2.75, 3.05) is 13.2 Å².